The van der Waals surface area contributed by atoms with Crippen molar-refractivity contribution in [2.75, 3.05) is 72.2 Å². The first-order chi connectivity index (χ1) is 12.1. The van der Waals surface area contributed by atoms with E-state index in [2.05, 4.69) is 41.2 Å². The number of morpholine rings is 2. The summed E-state index contributed by atoms with van der Waals surface area (Å²) in [5.41, 5.74) is 0. The average Bonchev–Trinajstić information content (AvgIpc) is 2.60. The summed E-state index contributed by atoms with van der Waals surface area (Å²) in [7, 11) is 0. The highest BCUT2D eigenvalue weighted by atomic mass is 16.5. The fourth-order valence-electron chi connectivity index (χ4n) is 3.59. The van der Waals surface area contributed by atoms with E-state index >= 15 is 0 Å². The first-order valence-corrected chi connectivity index (χ1v) is 10.2. The van der Waals surface area contributed by atoms with Crippen molar-refractivity contribution in [1.82, 2.24) is 20.4 Å². The minimum atomic E-state index is 0.370. The largest absolute Gasteiger partial charge is 0.379 e. The normalized spacial score (nSPS) is 24.7. The lowest BCUT2D eigenvalue weighted by molar-refractivity contribution is -0.0351. The molecule has 2 saturated heterocycles. The summed E-state index contributed by atoms with van der Waals surface area (Å²) in [6, 6.07) is 1.09. The van der Waals surface area contributed by atoms with Gasteiger partial charge in [0.1, 0.15) is 0 Å². The van der Waals surface area contributed by atoms with E-state index in [-0.39, 0.29) is 0 Å². The number of hydrogen-bond acceptors (Lipinski definition) is 6. The van der Waals surface area contributed by atoms with E-state index in [4.69, 9.17) is 9.47 Å². The minimum Gasteiger partial charge on any atom is -0.379 e. The van der Waals surface area contributed by atoms with Crippen LogP contribution in [0.15, 0.2) is 0 Å². The van der Waals surface area contributed by atoms with Gasteiger partial charge in [0.25, 0.3) is 0 Å². The van der Waals surface area contributed by atoms with Gasteiger partial charge in [0.05, 0.1) is 25.9 Å². The molecule has 2 aliphatic rings. The third-order valence-electron chi connectivity index (χ3n) is 5.07. The monoisotopic (exact) mass is 356 g/mol. The van der Waals surface area contributed by atoms with Gasteiger partial charge in [0, 0.05) is 51.4 Å². The van der Waals surface area contributed by atoms with Crippen LogP contribution in [0.25, 0.3) is 0 Å². The molecule has 2 rings (SSSR count). The highest BCUT2D eigenvalue weighted by molar-refractivity contribution is 4.76. The van der Waals surface area contributed by atoms with Gasteiger partial charge in [-0.05, 0) is 32.9 Å². The van der Waals surface area contributed by atoms with Crippen molar-refractivity contribution >= 4 is 0 Å². The quantitative estimate of drug-likeness (QED) is 0.534. The van der Waals surface area contributed by atoms with Gasteiger partial charge >= 0.3 is 0 Å². The van der Waals surface area contributed by atoms with Crippen molar-refractivity contribution in [3.63, 3.8) is 0 Å². The lowest BCUT2D eigenvalue weighted by Crippen LogP contribution is -2.47. The molecule has 0 aromatic carbocycles. The Kier molecular flexibility index (Phi) is 10.3. The molecule has 2 aliphatic heterocycles. The summed E-state index contributed by atoms with van der Waals surface area (Å²) < 4.78 is 11.4. The highest BCUT2D eigenvalue weighted by Gasteiger charge is 2.22. The van der Waals surface area contributed by atoms with E-state index in [0.29, 0.717) is 18.2 Å². The van der Waals surface area contributed by atoms with Crippen LogP contribution in [-0.2, 0) is 9.47 Å². The standard InChI is InChI=1S/C19H40N4O2/c1-17(2)20-6-8-23-11-14-25-19(16-23)15-18(3)21-5-4-7-22-9-12-24-13-10-22/h17-21H,4-16H2,1-3H3. The Morgan fingerprint density at radius 2 is 1.68 bits per heavy atom. The van der Waals surface area contributed by atoms with E-state index in [9.17, 15) is 0 Å². The van der Waals surface area contributed by atoms with Crippen LogP contribution in [-0.4, -0.2) is 100 Å². The number of hydrogen-bond donors (Lipinski definition) is 2. The van der Waals surface area contributed by atoms with Gasteiger partial charge in [-0.3, -0.25) is 9.80 Å². The van der Waals surface area contributed by atoms with Gasteiger partial charge < -0.3 is 20.1 Å². The van der Waals surface area contributed by atoms with Gasteiger partial charge in [0.2, 0.25) is 0 Å². The van der Waals surface area contributed by atoms with Gasteiger partial charge in [-0.2, -0.15) is 0 Å². The van der Waals surface area contributed by atoms with Gasteiger partial charge in [-0.1, -0.05) is 13.8 Å². The Morgan fingerprint density at radius 1 is 0.920 bits per heavy atom. The minimum absolute atomic E-state index is 0.370. The molecule has 2 atom stereocenters. The van der Waals surface area contributed by atoms with Crippen molar-refractivity contribution in [1.29, 1.82) is 0 Å². The SMILES string of the molecule is CC(C)NCCN1CCOC(CC(C)NCCCN2CCOCC2)C1. The molecule has 0 aliphatic carbocycles. The Balaban J connectivity index is 1.52. The lowest BCUT2D eigenvalue weighted by atomic mass is 10.1. The first-order valence-electron chi connectivity index (χ1n) is 10.2. The Labute approximate surface area is 154 Å². The van der Waals surface area contributed by atoms with E-state index in [1.54, 1.807) is 0 Å². The third kappa shape index (κ3) is 9.31. The van der Waals surface area contributed by atoms with Crippen LogP contribution in [0.4, 0.5) is 0 Å². The van der Waals surface area contributed by atoms with Crippen LogP contribution >= 0.6 is 0 Å². The topological polar surface area (TPSA) is 49.0 Å². The van der Waals surface area contributed by atoms with Crippen molar-refractivity contribution in [3.05, 3.63) is 0 Å². The number of nitrogens with zero attached hydrogens (tertiary/aromatic N) is 2. The highest BCUT2D eigenvalue weighted by Crippen LogP contribution is 2.10. The summed E-state index contributed by atoms with van der Waals surface area (Å²) in [6.45, 7) is 18.1. The van der Waals surface area contributed by atoms with Crippen LogP contribution in [0, 0.1) is 0 Å². The molecular formula is C19H40N4O2. The zero-order chi connectivity index (χ0) is 17.9. The maximum atomic E-state index is 5.98. The van der Waals surface area contributed by atoms with Crippen molar-refractivity contribution in [2.24, 2.45) is 0 Å². The smallest absolute Gasteiger partial charge is 0.0717 e. The van der Waals surface area contributed by atoms with E-state index in [1.165, 1.54) is 13.0 Å². The molecule has 2 fully saturated rings. The summed E-state index contributed by atoms with van der Waals surface area (Å²) >= 11 is 0. The van der Waals surface area contributed by atoms with Crippen molar-refractivity contribution < 1.29 is 9.47 Å². The number of nitrogens with one attached hydrogen (secondary N) is 2. The molecule has 0 saturated carbocycles. The maximum Gasteiger partial charge on any atom is 0.0717 e. The summed E-state index contributed by atoms with van der Waals surface area (Å²) in [4.78, 5) is 5.04. The Bertz CT molecular complexity index is 337. The molecule has 0 bridgehead atoms. The number of ether oxygens (including phenoxy) is 2. The van der Waals surface area contributed by atoms with E-state index < -0.39 is 0 Å². The molecule has 0 aromatic heterocycles. The molecular weight excluding hydrogens is 316 g/mol. The molecule has 0 amide bonds. The number of rotatable bonds is 11. The second kappa shape index (κ2) is 12.2. The van der Waals surface area contributed by atoms with Crippen LogP contribution in [0.2, 0.25) is 0 Å². The van der Waals surface area contributed by atoms with Crippen LogP contribution in [0.1, 0.15) is 33.6 Å². The van der Waals surface area contributed by atoms with E-state index in [0.717, 1.165) is 72.1 Å². The predicted octanol–water partition coefficient (Wildman–Crippen LogP) is 0.776. The van der Waals surface area contributed by atoms with Crippen LogP contribution in [0.3, 0.4) is 0 Å². The molecule has 6 nitrogen and oxygen atoms in total. The molecule has 2 N–H and O–H groups in total. The zero-order valence-corrected chi connectivity index (χ0v) is 16.6. The van der Waals surface area contributed by atoms with Gasteiger partial charge in [-0.15, -0.1) is 0 Å². The summed E-state index contributed by atoms with van der Waals surface area (Å²) in [5, 5.41) is 7.18. The van der Waals surface area contributed by atoms with Crippen molar-refractivity contribution in [3.8, 4) is 0 Å². The second-order valence-electron chi connectivity index (χ2n) is 7.80. The third-order valence-corrected chi connectivity index (χ3v) is 5.07. The first kappa shape index (κ1) is 21.1. The molecule has 6 heteroatoms. The lowest BCUT2D eigenvalue weighted by Gasteiger charge is -2.34. The predicted molar refractivity (Wildman–Crippen MR) is 103 cm³/mol. The molecule has 0 spiro atoms. The van der Waals surface area contributed by atoms with Crippen molar-refractivity contribution in [2.45, 2.75) is 51.8 Å². The Morgan fingerprint density at radius 3 is 2.44 bits per heavy atom. The summed E-state index contributed by atoms with van der Waals surface area (Å²) in [5.74, 6) is 0. The molecule has 2 heterocycles. The van der Waals surface area contributed by atoms with E-state index in [1.807, 2.05) is 0 Å². The molecule has 25 heavy (non-hydrogen) atoms. The van der Waals surface area contributed by atoms with Crippen LogP contribution in [0.5, 0.6) is 0 Å². The fourth-order valence-corrected chi connectivity index (χ4v) is 3.59. The van der Waals surface area contributed by atoms with Gasteiger partial charge in [0.15, 0.2) is 0 Å². The summed E-state index contributed by atoms with van der Waals surface area (Å²) in [6.07, 6.45) is 2.68. The molecule has 0 radical (unpaired) electrons. The van der Waals surface area contributed by atoms with Crippen LogP contribution < -0.4 is 10.6 Å². The average molecular weight is 357 g/mol. The molecule has 0 aromatic rings. The Hall–Kier alpha value is -0.240. The molecule has 2 unspecified atom stereocenters. The van der Waals surface area contributed by atoms with Gasteiger partial charge in [-0.25, -0.2) is 0 Å². The molecule has 148 valence electrons. The second-order valence-corrected chi connectivity index (χ2v) is 7.80. The maximum absolute atomic E-state index is 5.98. The zero-order valence-electron chi connectivity index (χ0n) is 16.6. The fraction of sp³-hybridized carbons (Fsp3) is 1.00.